The smallest absolute Gasteiger partial charge is 0.377 e. The Morgan fingerprint density at radius 1 is 1.33 bits per heavy atom. The summed E-state index contributed by atoms with van der Waals surface area (Å²) in [6.07, 6.45) is 1.20. The molecule has 0 fully saturated rings. The molecule has 0 bridgehead atoms. The monoisotopic (exact) mass is 269 g/mol. The predicted octanol–water partition coefficient (Wildman–Crippen LogP) is 3.66. The van der Waals surface area contributed by atoms with E-state index in [0.29, 0.717) is 19.1 Å². The van der Waals surface area contributed by atoms with Crippen LogP contribution in [0.1, 0.15) is 37.5 Å². The van der Waals surface area contributed by atoms with Gasteiger partial charge in [-0.2, -0.15) is 4.89 Å². The van der Waals surface area contributed by atoms with Crippen LogP contribution < -0.4 is 0 Å². The van der Waals surface area contributed by atoms with Gasteiger partial charge in [-0.25, -0.2) is 0 Å². The van der Waals surface area contributed by atoms with Crippen LogP contribution in [0.2, 0.25) is 0 Å². The van der Waals surface area contributed by atoms with Crippen molar-refractivity contribution in [3.05, 3.63) is 34.9 Å². The summed E-state index contributed by atoms with van der Waals surface area (Å²) >= 11 is 0. The lowest BCUT2D eigenvalue weighted by Gasteiger charge is -2.12. The van der Waals surface area contributed by atoms with E-state index in [1.165, 1.54) is 11.1 Å². The molecular formula is C14H22O3P+. The molecule has 0 radical (unpaired) electrons. The first-order valence-corrected chi connectivity index (χ1v) is 7.74. The Labute approximate surface area is 110 Å². The van der Waals surface area contributed by atoms with Gasteiger partial charge in [0.15, 0.2) is 0 Å². The molecule has 0 aliphatic rings. The van der Waals surface area contributed by atoms with Crippen LogP contribution in [0.25, 0.3) is 0 Å². The third-order valence-electron chi connectivity index (χ3n) is 2.68. The fourth-order valence-electron chi connectivity index (χ4n) is 1.92. The molecule has 18 heavy (non-hydrogen) atoms. The number of rotatable bonds is 7. The highest BCUT2D eigenvalue weighted by atomic mass is 31.1. The zero-order valence-electron chi connectivity index (χ0n) is 11.3. The van der Waals surface area contributed by atoms with E-state index in [0.717, 1.165) is 12.0 Å². The van der Waals surface area contributed by atoms with Crippen molar-refractivity contribution in [1.82, 2.24) is 0 Å². The highest BCUT2D eigenvalue weighted by Crippen LogP contribution is 2.24. The van der Waals surface area contributed by atoms with Crippen LogP contribution in [0, 0.1) is 5.92 Å². The fraction of sp³-hybridized carbons (Fsp3) is 0.571. The molecule has 0 heterocycles. The van der Waals surface area contributed by atoms with Crippen molar-refractivity contribution in [1.29, 1.82) is 0 Å². The van der Waals surface area contributed by atoms with Gasteiger partial charge in [0.2, 0.25) is 6.16 Å². The largest absolute Gasteiger partial charge is 0.510 e. The van der Waals surface area contributed by atoms with E-state index in [2.05, 4.69) is 13.8 Å². The van der Waals surface area contributed by atoms with Crippen molar-refractivity contribution >= 4 is 8.03 Å². The molecule has 0 aliphatic carbocycles. The van der Waals surface area contributed by atoms with Gasteiger partial charge in [0.05, 0.1) is 6.61 Å². The van der Waals surface area contributed by atoms with Gasteiger partial charge in [-0.1, -0.05) is 32.0 Å². The van der Waals surface area contributed by atoms with Crippen LogP contribution in [0.5, 0.6) is 0 Å². The van der Waals surface area contributed by atoms with E-state index >= 15 is 0 Å². The van der Waals surface area contributed by atoms with Crippen molar-refractivity contribution in [2.75, 3.05) is 6.61 Å². The third kappa shape index (κ3) is 5.26. The second-order valence-electron chi connectivity index (χ2n) is 4.85. The molecule has 4 heteroatoms. The lowest BCUT2D eigenvalue weighted by Crippen LogP contribution is -2.03. The van der Waals surface area contributed by atoms with Gasteiger partial charge < -0.3 is 4.74 Å². The minimum atomic E-state index is -2.11. The van der Waals surface area contributed by atoms with Crippen LogP contribution in [0.4, 0.5) is 0 Å². The van der Waals surface area contributed by atoms with E-state index in [-0.39, 0.29) is 6.16 Å². The molecule has 100 valence electrons. The Bertz CT molecular complexity index is 402. The first kappa shape index (κ1) is 15.3. The standard InChI is InChI=1S/C14H21O3P/c1-4-17-9-13-6-5-12(10-18(15)16)8-14(13)7-11(2)3/h5-6,8,11H,4,7,9-10H2,1-3H3/p+1. The first-order chi connectivity index (χ1) is 8.52. The van der Waals surface area contributed by atoms with Crippen LogP contribution in [0.15, 0.2) is 18.2 Å². The Hall–Kier alpha value is -0.760. The van der Waals surface area contributed by atoms with E-state index in [1.54, 1.807) is 0 Å². The minimum Gasteiger partial charge on any atom is -0.377 e. The summed E-state index contributed by atoms with van der Waals surface area (Å²) in [5.74, 6) is 0.559. The zero-order valence-corrected chi connectivity index (χ0v) is 12.2. The van der Waals surface area contributed by atoms with Gasteiger partial charge >= 0.3 is 8.03 Å². The van der Waals surface area contributed by atoms with Crippen LogP contribution in [-0.4, -0.2) is 11.5 Å². The predicted molar refractivity (Wildman–Crippen MR) is 73.8 cm³/mol. The number of benzene rings is 1. The van der Waals surface area contributed by atoms with Crippen molar-refractivity contribution < 1.29 is 14.2 Å². The maximum absolute atomic E-state index is 10.9. The second-order valence-corrected chi connectivity index (χ2v) is 5.87. The summed E-state index contributed by atoms with van der Waals surface area (Å²) in [4.78, 5) is 8.97. The summed E-state index contributed by atoms with van der Waals surface area (Å²) in [5.41, 5.74) is 3.34. The minimum absolute atomic E-state index is 0.231. The topological polar surface area (TPSA) is 46.5 Å². The molecule has 3 nitrogen and oxygen atoms in total. The molecular weight excluding hydrogens is 247 g/mol. The van der Waals surface area contributed by atoms with E-state index in [9.17, 15) is 4.57 Å². The molecule has 1 rings (SSSR count). The Morgan fingerprint density at radius 2 is 2.06 bits per heavy atom. The van der Waals surface area contributed by atoms with Crippen LogP contribution in [-0.2, 0) is 28.5 Å². The third-order valence-corrected chi connectivity index (χ3v) is 3.31. The van der Waals surface area contributed by atoms with Gasteiger partial charge in [0.1, 0.15) is 0 Å². The molecule has 0 spiro atoms. The first-order valence-electron chi connectivity index (χ1n) is 6.34. The highest BCUT2D eigenvalue weighted by Gasteiger charge is 2.14. The number of ether oxygens (including phenoxy) is 1. The average Bonchev–Trinajstić information content (AvgIpc) is 2.26. The van der Waals surface area contributed by atoms with Crippen molar-refractivity contribution in [2.24, 2.45) is 5.92 Å². The highest BCUT2D eigenvalue weighted by molar-refractivity contribution is 7.37. The Balaban J connectivity index is 2.92. The summed E-state index contributed by atoms with van der Waals surface area (Å²) in [7, 11) is -2.11. The second kappa shape index (κ2) is 7.63. The van der Waals surface area contributed by atoms with Crippen LogP contribution in [0.3, 0.4) is 0 Å². The molecule has 0 aromatic heterocycles. The Morgan fingerprint density at radius 3 is 2.61 bits per heavy atom. The quantitative estimate of drug-likeness (QED) is 0.768. The summed E-state index contributed by atoms with van der Waals surface area (Å²) in [5, 5.41) is 0. The molecule has 1 aromatic rings. The zero-order chi connectivity index (χ0) is 13.5. The van der Waals surface area contributed by atoms with Gasteiger partial charge in [0, 0.05) is 12.2 Å². The summed E-state index contributed by atoms with van der Waals surface area (Å²) in [6, 6.07) is 5.97. The molecule has 0 saturated carbocycles. The van der Waals surface area contributed by atoms with E-state index in [4.69, 9.17) is 9.63 Å². The lowest BCUT2D eigenvalue weighted by atomic mass is 9.96. The normalized spacial score (nSPS) is 11.9. The van der Waals surface area contributed by atoms with Gasteiger partial charge in [0.25, 0.3) is 0 Å². The Kier molecular flexibility index (Phi) is 6.48. The van der Waals surface area contributed by atoms with Gasteiger partial charge in [-0.15, -0.1) is 0 Å². The molecule has 0 saturated heterocycles. The fourth-order valence-corrected chi connectivity index (χ4v) is 2.43. The average molecular weight is 269 g/mol. The summed E-state index contributed by atoms with van der Waals surface area (Å²) < 4.78 is 16.3. The maximum Gasteiger partial charge on any atom is 0.510 e. The lowest BCUT2D eigenvalue weighted by molar-refractivity contribution is 0.133. The van der Waals surface area contributed by atoms with Crippen molar-refractivity contribution in [2.45, 2.75) is 40.0 Å². The summed E-state index contributed by atoms with van der Waals surface area (Å²) in [6.45, 7) is 7.63. The molecule has 1 N–H and O–H groups in total. The van der Waals surface area contributed by atoms with Crippen molar-refractivity contribution in [3.8, 4) is 0 Å². The van der Waals surface area contributed by atoms with Crippen LogP contribution >= 0.6 is 8.03 Å². The number of hydrogen-bond donors (Lipinski definition) is 1. The SMILES string of the molecule is CCOCc1ccc(C[P+](=O)O)cc1CC(C)C. The van der Waals surface area contributed by atoms with Gasteiger partial charge in [-0.05, 0) is 35.0 Å². The van der Waals surface area contributed by atoms with E-state index in [1.807, 2.05) is 25.1 Å². The molecule has 0 aliphatic heterocycles. The molecule has 1 aromatic carbocycles. The molecule has 1 atom stereocenters. The van der Waals surface area contributed by atoms with E-state index < -0.39 is 8.03 Å². The molecule has 0 amide bonds. The molecule has 1 unspecified atom stereocenters. The number of hydrogen-bond acceptors (Lipinski definition) is 2. The maximum atomic E-state index is 10.9. The van der Waals surface area contributed by atoms with Gasteiger partial charge in [-0.3, -0.25) is 0 Å². The van der Waals surface area contributed by atoms with Crippen molar-refractivity contribution in [3.63, 3.8) is 0 Å².